The minimum atomic E-state index is -0.472. The van der Waals surface area contributed by atoms with Crippen molar-refractivity contribution in [1.29, 1.82) is 0 Å². The van der Waals surface area contributed by atoms with Crippen LogP contribution in [-0.4, -0.2) is 30.4 Å². The largest absolute Gasteiger partial charge is 0.389 e. The molecule has 1 aromatic carbocycles. The minimum Gasteiger partial charge on any atom is -0.389 e. The highest BCUT2D eigenvalue weighted by atomic mass is 35.5. The highest BCUT2D eigenvalue weighted by molar-refractivity contribution is 6.31. The van der Waals surface area contributed by atoms with Crippen molar-refractivity contribution in [2.75, 3.05) is 13.2 Å². The molecule has 0 radical (unpaired) electrons. The SMILES string of the molecule is CCC(CC1CC1)NCC(O)COCc1ccccc1Cl. The van der Waals surface area contributed by atoms with Crippen molar-refractivity contribution in [2.24, 2.45) is 5.92 Å². The highest BCUT2D eigenvalue weighted by Crippen LogP contribution is 2.33. The highest BCUT2D eigenvalue weighted by Gasteiger charge is 2.24. The molecule has 0 heterocycles. The predicted molar refractivity (Wildman–Crippen MR) is 86.5 cm³/mol. The summed E-state index contributed by atoms with van der Waals surface area (Å²) in [6.45, 7) is 3.56. The quantitative estimate of drug-likeness (QED) is 0.696. The second-order valence-electron chi connectivity index (χ2n) is 5.95. The van der Waals surface area contributed by atoms with E-state index in [9.17, 15) is 5.11 Å². The van der Waals surface area contributed by atoms with Crippen LogP contribution in [0.15, 0.2) is 24.3 Å². The van der Waals surface area contributed by atoms with Crippen molar-refractivity contribution in [1.82, 2.24) is 5.32 Å². The number of ether oxygens (including phenoxy) is 1. The summed E-state index contributed by atoms with van der Waals surface area (Å²) in [5.74, 6) is 0.913. The Balaban J connectivity index is 1.60. The summed E-state index contributed by atoms with van der Waals surface area (Å²) < 4.78 is 5.55. The smallest absolute Gasteiger partial charge is 0.0897 e. The van der Waals surface area contributed by atoms with Gasteiger partial charge in [-0.25, -0.2) is 0 Å². The van der Waals surface area contributed by atoms with E-state index in [-0.39, 0.29) is 0 Å². The summed E-state index contributed by atoms with van der Waals surface area (Å²) in [7, 11) is 0. The van der Waals surface area contributed by atoms with Crippen LogP contribution >= 0.6 is 11.6 Å². The Morgan fingerprint density at radius 1 is 1.38 bits per heavy atom. The Morgan fingerprint density at radius 2 is 2.14 bits per heavy atom. The molecule has 21 heavy (non-hydrogen) atoms. The zero-order valence-corrected chi connectivity index (χ0v) is 13.5. The van der Waals surface area contributed by atoms with Crippen LogP contribution in [0.4, 0.5) is 0 Å². The van der Waals surface area contributed by atoms with E-state index in [0.717, 1.165) is 17.9 Å². The van der Waals surface area contributed by atoms with E-state index in [1.807, 2.05) is 24.3 Å². The Kier molecular flexibility index (Phi) is 6.97. The first-order chi connectivity index (χ1) is 10.2. The van der Waals surface area contributed by atoms with Crippen molar-refractivity contribution in [3.63, 3.8) is 0 Å². The lowest BCUT2D eigenvalue weighted by Crippen LogP contribution is -2.37. The average Bonchev–Trinajstić information content (AvgIpc) is 3.29. The predicted octanol–water partition coefficient (Wildman–Crippen LogP) is 3.39. The van der Waals surface area contributed by atoms with Gasteiger partial charge in [0.15, 0.2) is 0 Å². The summed E-state index contributed by atoms with van der Waals surface area (Å²) >= 11 is 6.06. The standard InChI is InChI=1S/C17H26ClNO2/c1-2-15(9-13-7-8-13)19-10-16(20)12-21-11-14-5-3-4-6-17(14)18/h3-6,13,15-16,19-20H,2,7-12H2,1H3. The summed E-state index contributed by atoms with van der Waals surface area (Å²) in [4.78, 5) is 0. The van der Waals surface area contributed by atoms with E-state index in [2.05, 4.69) is 12.2 Å². The second-order valence-corrected chi connectivity index (χ2v) is 6.36. The van der Waals surface area contributed by atoms with Crippen molar-refractivity contribution < 1.29 is 9.84 Å². The molecular formula is C17H26ClNO2. The van der Waals surface area contributed by atoms with Gasteiger partial charge in [0.1, 0.15) is 0 Å². The molecule has 1 saturated carbocycles. The Labute approximate surface area is 132 Å². The number of hydrogen-bond donors (Lipinski definition) is 2. The van der Waals surface area contributed by atoms with Crippen LogP contribution < -0.4 is 5.32 Å². The van der Waals surface area contributed by atoms with Crippen LogP contribution in [0.1, 0.15) is 38.2 Å². The Morgan fingerprint density at radius 3 is 2.81 bits per heavy atom. The molecule has 2 rings (SSSR count). The lowest BCUT2D eigenvalue weighted by atomic mass is 10.1. The average molecular weight is 312 g/mol. The number of nitrogens with one attached hydrogen (secondary N) is 1. The van der Waals surface area contributed by atoms with Gasteiger partial charge < -0.3 is 15.2 Å². The lowest BCUT2D eigenvalue weighted by molar-refractivity contribution is 0.0273. The Hall–Kier alpha value is -0.610. The lowest BCUT2D eigenvalue weighted by Gasteiger charge is -2.19. The molecule has 2 atom stereocenters. The molecule has 0 bridgehead atoms. The van der Waals surface area contributed by atoms with E-state index in [0.29, 0.717) is 30.8 Å². The van der Waals surface area contributed by atoms with Gasteiger partial charge in [0, 0.05) is 17.6 Å². The van der Waals surface area contributed by atoms with Crippen LogP contribution in [0, 0.1) is 5.92 Å². The third kappa shape index (κ3) is 6.35. The number of aliphatic hydroxyl groups excluding tert-OH is 1. The first-order valence-electron chi connectivity index (χ1n) is 7.91. The minimum absolute atomic E-state index is 0.331. The number of aliphatic hydroxyl groups is 1. The maximum Gasteiger partial charge on any atom is 0.0897 e. The van der Waals surface area contributed by atoms with Crippen molar-refractivity contribution >= 4 is 11.6 Å². The Bertz CT molecular complexity index is 423. The summed E-state index contributed by atoms with van der Waals surface area (Å²) in [6, 6.07) is 8.15. The van der Waals surface area contributed by atoms with Crippen LogP contribution in [0.2, 0.25) is 5.02 Å². The fourth-order valence-electron chi connectivity index (χ4n) is 2.43. The van der Waals surface area contributed by atoms with Gasteiger partial charge >= 0.3 is 0 Å². The molecule has 118 valence electrons. The number of hydrogen-bond acceptors (Lipinski definition) is 3. The summed E-state index contributed by atoms with van der Waals surface area (Å²) in [5, 5.41) is 14.1. The number of halogens is 1. The molecule has 0 spiro atoms. The molecule has 3 nitrogen and oxygen atoms in total. The number of rotatable bonds is 10. The van der Waals surface area contributed by atoms with Crippen molar-refractivity contribution in [3.8, 4) is 0 Å². The summed E-state index contributed by atoms with van der Waals surface area (Å²) in [6.07, 6.45) is 4.64. The molecule has 0 amide bonds. The molecule has 0 saturated heterocycles. The fourth-order valence-corrected chi connectivity index (χ4v) is 2.62. The fraction of sp³-hybridized carbons (Fsp3) is 0.647. The van der Waals surface area contributed by atoms with Crippen molar-refractivity contribution in [2.45, 2.75) is 51.4 Å². The van der Waals surface area contributed by atoms with Gasteiger partial charge in [0.05, 0.1) is 19.3 Å². The van der Waals surface area contributed by atoms with Gasteiger partial charge in [-0.2, -0.15) is 0 Å². The van der Waals surface area contributed by atoms with Crippen LogP contribution in [0.3, 0.4) is 0 Å². The topological polar surface area (TPSA) is 41.5 Å². The van der Waals surface area contributed by atoms with Crippen LogP contribution in [0.25, 0.3) is 0 Å². The monoisotopic (exact) mass is 311 g/mol. The molecular weight excluding hydrogens is 286 g/mol. The molecule has 1 fully saturated rings. The van der Waals surface area contributed by atoms with Gasteiger partial charge in [0.25, 0.3) is 0 Å². The van der Waals surface area contributed by atoms with E-state index >= 15 is 0 Å². The normalized spacial score (nSPS) is 17.7. The second kappa shape index (κ2) is 8.74. The number of benzene rings is 1. The first kappa shape index (κ1) is 16.8. The van der Waals surface area contributed by atoms with Gasteiger partial charge in [-0.15, -0.1) is 0 Å². The van der Waals surface area contributed by atoms with Gasteiger partial charge in [0.2, 0.25) is 0 Å². The summed E-state index contributed by atoms with van der Waals surface area (Å²) in [5.41, 5.74) is 0.958. The molecule has 0 aromatic heterocycles. The van der Waals surface area contributed by atoms with Gasteiger partial charge in [-0.05, 0) is 30.4 Å². The van der Waals surface area contributed by atoms with Crippen LogP contribution in [0.5, 0.6) is 0 Å². The van der Waals surface area contributed by atoms with E-state index < -0.39 is 6.10 Å². The van der Waals surface area contributed by atoms with Gasteiger partial charge in [-0.3, -0.25) is 0 Å². The molecule has 1 aliphatic carbocycles. The maximum atomic E-state index is 9.97. The zero-order chi connectivity index (χ0) is 15.1. The van der Waals surface area contributed by atoms with E-state index in [1.165, 1.54) is 19.3 Å². The van der Waals surface area contributed by atoms with Gasteiger partial charge in [-0.1, -0.05) is 49.6 Å². The molecule has 2 unspecified atom stereocenters. The van der Waals surface area contributed by atoms with E-state index in [4.69, 9.17) is 16.3 Å². The van der Waals surface area contributed by atoms with Crippen LogP contribution in [-0.2, 0) is 11.3 Å². The first-order valence-corrected chi connectivity index (χ1v) is 8.29. The van der Waals surface area contributed by atoms with E-state index in [1.54, 1.807) is 0 Å². The molecule has 2 N–H and O–H groups in total. The molecule has 1 aliphatic rings. The molecule has 4 heteroatoms. The maximum absolute atomic E-state index is 9.97. The molecule has 1 aromatic rings. The zero-order valence-electron chi connectivity index (χ0n) is 12.7. The van der Waals surface area contributed by atoms with Crippen molar-refractivity contribution in [3.05, 3.63) is 34.9 Å². The third-order valence-electron chi connectivity index (χ3n) is 3.98. The third-order valence-corrected chi connectivity index (χ3v) is 4.34. The molecule has 0 aliphatic heterocycles.